The van der Waals surface area contributed by atoms with Gasteiger partial charge in [-0.2, -0.15) is 0 Å². The highest BCUT2D eigenvalue weighted by Crippen LogP contribution is 2.24. The van der Waals surface area contributed by atoms with Crippen molar-refractivity contribution in [1.29, 1.82) is 0 Å². The first-order valence-corrected chi connectivity index (χ1v) is 9.40. The Morgan fingerprint density at radius 3 is 2.79 bits per heavy atom. The number of halogens is 1. The molecule has 0 spiro atoms. The van der Waals surface area contributed by atoms with Gasteiger partial charge >= 0.3 is 0 Å². The highest BCUT2D eigenvalue weighted by molar-refractivity contribution is 5.97. The molecule has 1 saturated heterocycles. The molecule has 1 aliphatic rings. The van der Waals surface area contributed by atoms with Gasteiger partial charge in [0.2, 0.25) is 0 Å². The number of carbonyl (C=O) groups excluding carboxylic acids is 1. The van der Waals surface area contributed by atoms with Crippen molar-refractivity contribution in [3.05, 3.63) is 59.7 Å². The number of aromatic nitrogens is 2. The van der Waals surface area contributed by atoms with E-state index in [0.29, 0.717) is 29.9 Å². The van der Waals surface area contributed by atoms with E-state index in [1.165, 1.54) is 6.07 Å². The van der Waals surface area contributed by atoms with Crippen LogP contribution in [-0.2, 0) is 11.3 Å². The van der Waals surface area contributed by atoms with Gasteiger partial charge in [-0.3, -0.25) is 4.79 Å². The number of anilines is 1. The molecule has 3 aromatic rings. The number of morpholine rings is 1. The quantitative estimate of drug-likeness (QED) is 0.727. The third kappa shape index (κ3) is 3.84. The Bertz CT molecular complexity index is 993. The van der Waals surface area contributed by atoms with E-state index in [4.69, 9.17) is 4.74 Å². The molecule has 2 N–H and O–H groups in total. The molecule has 1 aromatic heterocycles. The van der Waals surface area contributed by atoms with E-state index in [0.717, 1.165) is 11.0 Å². The molecule has 0 unspecified atom stereocenters. The molecule has 0 saturated carbocycles. The normalized spacial score (nSPS) is 19.8. The standard InChI is InChI=1S/C21H23FN4O2/c1-13-10-26(11-14(2)28-13)20-6-3-15(7-17(20)22)9-23-21(27)16-4-5-18-19(8-16)25-12-24-18/h3-8,12-14H,9-11H2,1-2H3,(H,23,27)(H,24,25)/t13-,14-/m1/s1. The van der Waals surface area contributed by atoms with Crippen LogP contribution in [0.25, 0.3) is 11.0 Å². The fraction of sp³-hybridized carbons (Fsp3) is 0.333. The van der Waals surface area contributed by atoms with E-state index in [-0.39, 0.29) is 30.5 Å². The Morgan fingerprint density at radius 1 is 1.25 bits per heavy atom. The van der Waals surface area contributed by atoms with Crippen molar-refractivity contribution >= 4 is 22.6 Å². The summed E-state index contributed by atoms with van der Waals surface area (Å²) in [5, 5.41) is 2.84. The molecule has 7 heteroatoms. The number of amides is 1. The lowest BCUT2D eigenvalue weighted by molar-refractivity contribution is -0.00539. The summed E-state index contributed by atoms with van der Waals surface area (Å²) in [6.45, 7) is 5.56. The number of fused-ring (bicyclic) bond motifs is 1. The summed E-state index contributed by atoms with van der Waals surface area (Å²) in [6.07, 6.45) is 1.72. The number of ether oxygens (including phenoxy) is 1. The first-order chi connectivity index (χ1) is 13.5. The van der Waals surface area contributed by atoms with Crippen LogP contribution in [0.1, 0.15) is 29.8 Å². The van der Waals surface area contributed by atoms with Crippen molar-refractivity contribution in [2.24, 2.45) is 0 Å². The monoisotopic (exact) mass is 382 g/mol. The lowest BCUT2D eigenvalue weighted by Crippen LogP contribution is -2.45. The number of carbonyl (C=O) groups is 1. The number of aromatic amines is 1. The second kappa shape index (κ2) is 7.59. The van der Waals surface area contributed by atoms with E-state index < -0.39 is 0 Å². The van der Waals surface area contributed by atoms with Gasteiger partial charge in [0.25, 0.3) is 5.91 Å². The average Bonchev–Trinajstić information content (AvgIpc) is 3.13. The largest absolute Gasteiger partial charge is 0.372 e. The molecule has 2 aromatic carbocycles. The fourth-order valence-electron chi connectivity index (χ4n) is 3.65. The molecule has 4 rings (SSSR count). The summed E-state index contributed by atoms with van der Waals surface area (Å²) in [5.74, 6) is -0.497. The maximum Gasteiger partial charge on any atom is 0.251 e. The second-order valence-electron chi connectivity index (χ2n) is 7.27. The van der Waals surface area contributed by atoms with Crippen LogP contribution in [0, 0.1) is 5.82 Å². The lowest BCUT2D eigenvalue weighted by atomic mass is 10.1. The maximum atomic E-state index is 14.7. The first-order valence-electron chi connectivity index (χ1n) is 9.40. The summed E-state index contributed by atoms with van der Waals surface area (Å²) in [7, 11) is 0. The molecular weight excluding hydrogens is 359 g/mol. The molecule has 2 atom stereocenters. The summed E-state index contributed by atoms with van der Waals surface area (Å²) < 4.78 is 20.4. The topological polar surface area (TPSA) is 70.2 Å². The molecule has 0 radical (unpaired) electrons. The Balaban J connectivity index is 1.42. The molecule has 1 fully saturated rings. The van der Waals surface area contributed by atoms with Gasteiger partial charge in [-0.15, -0.1) is 0 Å². The van der Waals surface area contributed by atoms with Crippen LogP contribution < -0.4 is 10.2 Å². The average molecular weight is 382 g/mol. The molecule has 2 heterocycles. The van der Waals surface area contributed by atoms with Gasteiger partial charge in [0, 0.05) is 25.2 Å². The van der Waals surface area contributed by atoms with E-state index in [1.807, 2.05) is 24.8 Å². The molecule has 1 amide bonds. The van der Waals surface area contributed by atoms with E-state index in [1.54, 1.807) is 30.6 Å². The van der Waals surface area contributed by atoms with Crippen LogP contribution in [0.2, 0.25) is 0 Å². The molecule has 6 nitrogen and oxygen atoms in total. The minimum atomic E-state index is -0.285. The third-order valence-corrected chi connectivity index (χ3v) is 4.91. The minimum Gasteiger partial charge on any atom is -0.372 e. The number of imidazole rings is 1. The summed E-state index contributed by atoms with van der Waals surface area (Å²) in [4.78, 5) is 21.5. The Kier molecular flexibility index (Phi) is 5.00. The number of H-pyrrole nitrogens is 1. The number of nitrogens with one attached hydrogen (secondary N) is 2. The zero-order valence-corrected chi connectivity index (χ0v) is 15.9. The summed E-state index contributed by atoms with van der Waals surface area (Å²) in [6, 6.07) is 10.4. The van der Waals surface area contributed by atoms with Crippen LogP contribution in [0.3, 0.4) is 0 Å². The highest BCUT2D eigenvalue weighted by atomic mass is 19.1. The van der Waals surface area contributed by atoms with Crippen LogP contribution in [0.4, 0.5) is 10.1 Å². The van der Waals surface area contributed by atoms with E-state index >= 15 is 0 Å². The van der Waals surface area contributed by atoms with Crippen molar-refractivity contribution in [1.82, 2.24) is 15.3 Å². The zero-order valence-electron chi connectivity index (χ0n) is 15.9. The van der Waals surface area contributed by atoms with Gasteiger partial charge < -0.3 is 19.9 Å². The third-order valence-electron chi connectivity index (χ3n) is 4.91. The second-order valence-corrected chi connectivity index (χ2v) is 7.27. The number of hydrogen-bond donors (Lipinski definition) is 2. The fourth-order valence-corrected chi connectivity index (χ4v) is 3.65. The number of hydrogen-bond acceptors (Lipinski definition) is 4. The van der Waals surface area contributed by atoms with E-state index in [9.17, 15) is 9.18 Å². The van der Waals surface area contributed by atoms with Crippen molar-refractivity contribution in [2.45, 2.75) is 32.6 Å². The Morgan fingerprint density at radius 2 is 2.04 bits per heavy atom. The molecular formula is C21H23FN4O2. The number of rotatable bonds is 4. The van der Waals surface area contributed by atoms with Crippen LogP contribution in [0.15, 0.2) is 42.7 Å². The summed E-state index contributed by atoms with van der Waals surface area (Å²) >= 11 is 0. The number of benzene rings is 2. The predicted octanol–water partition coefficient (Wildman–Crippen LogP) is 3.25. The Labute approximate surface area is 162 Å². The van der Waals surface area contributed by atoms with Gasteiger partial charge in [0.15, 0.2) is 0 Å². The van der Waals surface area contributed by atoms with Gasteiger partial charge in [-0.05, 0) is 49.7 Å². The molecule has 1 aliphatic heterocycles. The van der Waals surface area contributed by atoms with Gasteiger partial charge in [0.05, 0.1) is 35.3 Å². The molecule has 28 heavy (non-hydrogen) atoms. The summed E-state index contributed by atoms with van der Waals surface area (Å²) in [5.41, 5.74) is 3.43. The van der Waals surface area contributed by atoms with Gasteiger partial charge in [-0.1, -0.05) is 6.07 Å². The number of nitrogens with zero attached hydrogens (tertiary/aromatic N) is 2. The lowest BCUT2D eigenvalue weighted by Gasteiger charge is -2.37. The smallest absolute Gasteiger partial charge is 0.251 e. The van der Waals surface area contributed by atoms with Crippen molar-refractivity contribution in [3.63, 3.8) is 0 Å². The highest BCUT2D eigenvalue weighted by Gasteiger charge is 2.24. The molecule has 146 valence electrons. The van der Waals surface area contributed by atoms with Crippen LogP contribution >= 0.6 is 0 Å². The van der Waals surface area contributed by atoms with Crippen molar-refractivity contribution < 1.29 is 13.9 Å². The predicted molar refractivity (Wildman–Crippen MR) is 106 cm³/mol. The van der Waals surface area contributed by atoms with E-state index in [2.05, 4.69) is 15.3 Å². The maximum absolute atomic E-state index is 14.7. The van der Waals surface area contributed by atoms with Gasteiger partial charge in [-0.25, -0.2) is 9.37 Å². The van der Waals surface area contributed by atoms with Crippen molar-refractivity contribution in [3.8, 4) is 0 Å². The van der Waals surface area contributed by atoms with Crippen LogP contribution in [0.5, 0.6) is 0 Å². The van der Waals surface area contributed by atoms with Crippen LogP contribution in [-0.4, -0.2) is 41.2 Å². The SMILES string of the molecule is C[C@@H]1CN(c2ccc(CNC(=O)c3ccc4nc[nH]c4c3)cc2F)C[C@@H](C)O1. The minimum absolute atomic E-state index is 0.0642. The molecule has 0 bridgehead atoms. The van der Waals surface area contributed by atoms with Gasteiger partial charge in [0.1, 0.15) is 5.82 Å². The Hall–Kier alpha value is -2.93. The van der Waals surface area contributed by atoms with Crippen molar-refractivity contribution in [2.75, 3.05) is 18.0 Å². The zero-order chi connectivity index (χ0) is 19.7. The first kappa shape index (κ1) is 18.4. The molecule has 0 aliphatic carbocycles.